The lowest BCUT2D eigenvalue weighted by molar-refractivity contribution is -0.183. The molecule has 0 radical (unpaired) electrons. The first kappa shape index (κ1) is 11.8. The normalized spacial score (nSPS) is 71.8. The quantitative estimate of drug-likeness (QED) is 0.798. The average Bonchev–Trinajstić information content (AvgIpc) is 3.24. The van der Waals surface area contributed by atoms with Crippen molar-refractivity contribution in [1.29, 1.82) is 0 Å². The summed E-state index contributed by atoms with van der Waals surface area (Å²) in [6, 6.07) is 1.41. The van der Waals surface area contributed by atoms with Crippen LogP contribution >= 0.6 is 0 Å². The highest BCUT2D eigenvalue weighted by atomic mass is 28.2. The lowest BCUT2D eigenvalue weighted by Gasteiger charge is -2.65. The molecule has 1 amide bonds. The maximum Gasteiger partial charge on any atom is 0.224 e. The number of nitrogens with two attached hydrogens (primary N) is 1. The molecule has 4 spiro atoms. The van der Waals surface area contributed by atoms with Crippen molar-refractivity contribution in [3.8, 4) is 0 Å². The monoisotopic (exact) mass is 321 g/mol. The second kappa shape index (κ2) is 2.50. The number of carbonyl (C=O) groups excluding carboxylic acids is 1. The second-order valence-corrected chi connectivity index (χ2v) is 12.9. The predicted molar refractivity (Wildman–Crippen MR) is 89.0 cm³/mol. The summed E-state index contributed by atoms with van der Waals surface area (Å²) < 4.78 is 0. The fourth-order valence-corrected chi connectivity index (χ4v) is 15.9. The molecule has 10 rings (SSSR count). The van der Waals surface area contributed by atoms with Gasteiger partial charge in [0.1, 0.15) is 0 Å². The van der Waals surface area contributed by atoms with Crippen molar-refractivity contribution >= 4 is 20.0 Å². The Morgan fingerprint density at radius 2 is 2.17 bits per heavy atom. The van der Waals surface area contributed by atoms with Crippen molar-refractivity contribution in [1.82, 2.24) is 0 Å². The van der Waals surface area contributed by atoms with Gasteiger partial charge >= 0.3 is 0 Å². The van der Waals surface area contributed by atoms with E-state index in [1.54, 1.807) is 11.1 Å². The molecule has 9 unspecified atom stereocenters. The average molecular weight is 321 g/mol. The maximum absolute atomic E-state index is 12.5. The van der Waals surface area contributed by atoms with E-state index in [4.69, 9.17) is 5.73 Å². The Bertz CT molecular complexity index is 888. The van der Waals surface area contributed by atoms with Crippen LogP contribution in [-0.4, -0.2) is 20.0 Å². The van der Waals surface area contributed by atoms with Crippen molar-refractivity contribution < 1.29 is 4.79 Å². The number of hydrogen-bond acceptors (Lipinski definition) is 1. The number of carbonyl (C=O) groups is 1. The Kier molecular flexibility index (Phi) is 1.28. The molecule has 2 N–H and O–H groups in total. The zero-order chi connectivity index (χ0) is 15.4. The summed E-state index contributed by atoms with van der Waals surface area (Å²) in [7, 11) is -0.396. The number of hydrogen-bond donors (Lipinski definition) is 1. The van der Waals surface area contributed by atoms with Crippen LogP contribution in [0.2, 0.25) is 11.6 Å². The first-order valence-electron chi connectivity index (χ1n) is 9.71. The van der Waals surface area contributed by atoms with E-state index in [0.29, 0.717) is 16.2 Å². The smallest absolute Gasteiger partial charge is 0.224 e. The third-order valence-corrected chi connectivity index (χ3v) is 14.5. The van der Waals surface area contributed by atoms with Gasteiger partial charge in [0.25, 0.3) is 0 Å². The summed E-state index contributed by atoms with van der Waals surface area (Å²) in [5, 5.41) is 0. The fourth-order valence-electron chi connectivity index (χ4n) is 11.6. The van der Waals surface area contributed by atoms with Gasteiger partial charge in [-0.25, -0.2) is 0 Å². The van der Waals surface area contributed by atoms with Crippen LogP contribution in [-0.2, 0) is 4.79 Å². The molecule has 9 aliphatic carbocycles. The molecule has 10 aliphatic rings. The molecule has 9 saturated carbocycles. The van der Waals surface area contributed by atoms with E-state index in [9.17, 15) is 4.79 Å². The van der Waals surface area contributed by atoms with E-state index in [-0.39, 0.29) is 11.3 Å². The Morgan fingerprint density at radius 1 is 1.35 bits per heavy atom. The van der Waals surface area contributed by atoms with Crippen LogP contribution in [0.15, 0.2) is 11.1 Å². The van der Waals surface area contributed by atoms with Gasteiger partial charge in [0.15, 0.2) is 0 Å². The lowest BCUT2D eigenvalue weighted by atomic mass is 9.39. The third kappa shape index (κ3) is 0.597. The van der Waals surface area contributed by atoms with Crippen LogP contribution in [0, 0.1) is 44.8 Å². The van der Waals surface area contributed by atoms with E-state index < -0.39 is 8.41 Å². The molecule has 9 fully saturated rings. The highest BCUT2D eigenvalue weighted by molar-refractivity contribution is 6.72. The molecule has 118 valence electrons. The van der Waals surface area contributed by atoms with E-state index in [1.165, 1.54) is 31.7 Å². The molecule has 23 heavy (non-hydrogen) atoms. The second-order valence-electron chi connectivity index (χ2n) is 10.4. The molecule has 1 aliphatic heterocycles. The van der Waals surface area contributed by atoms with E-state index >= 15 is 0 Å². The lowest BCUT2D eigenvalue weighted by Crippen LogP contribution is -2.65. The molecule has 2 nitrogen and oxygen atoms in total. The van der Waals surface area contributed by atoms with Gasteiger partial charge in [0.2, 0.25) is 5.91 Å². The van der Waals surface area contributed by atoms with Gasteiger partial charge in [0, 0.05) is 8.41 Å². The minimum Gasteiger partial charge on any atom is -0.369 e. The molecular weight excluding hydrogens is 298 g/mol. The van der Waals surface area contributed by atoms with Crippen molar-refractivity contribution in [2.45, 2.75) is 51.1 Å². The minimum absolute atomic E-state index is 0.0289. The Balaban J connectivity index is 1.32. The first-order chi connectivity index (χ1) is 11.0. The summed E-state index contributed by atoms with van der Waals surface area (Å²) in [4.78, 5) is 12.5. The van der Waals surface area contributed by atoms with Crippen LogP contribution in [0.5, 0.6) is 0 Å². The van der Waals surface area contributed by atoms with Crippen molar-refractivity contribution in [2.24, 2.45) is 50.6 Å². The predicted octanol–water partition coefficient (Wildman–Crippen LogP) is 2.51. The number of primary amides is 1. The van der Waals surface area contributed by atoms with Gasteiger partial charge in [-0.1, -0.05) is 23.7 Å². The Hall–Kier alpha value is -0.703. The Labute approximate surface area is 138 Å². The zero-order valence-electron chi connectivity index (χ0n) is 13.9. The van der Waals surface area contributed by atoms with Crippen LogP contribution < -0.4 is 5.73 Å². The van der Waals surface area contributed by atoms with Gasteiger partial charge in [0.05, 0.1) is 5.41 Å². The van der Waals surface area contributed by atoms with E-state index in [1.807, 2.05) is 0 Å². The molecule has 0 saturated heterocycles. The number of allylic oxidation sites excluding steroid dienone is 2. The van der Waals surface area contributed by atoms with Crippen LogP contribution in [0.4, 0.5) is 0 Å². The largest absolute Gasteiger partial charge is 0.369 e. The summed E-state index contributed by atoms with van der Waals surface area (Å²) in [5.74, 6) is 2.90. The third-order valence-electron chi connectivity index (χ3n) is 11.1. The summed E-state index contributed by atoms with van der Waals surface area (Å²) in [6.07, 6.45) is 5.13. The molecule has 1 heterocycles. The van der Waals surface area contributed by atoms with Crippen LogP contribution in [0.1, 0.15) is 39.5 Å². The van der Waals surface area contributed by atoms with E-state index in [0.717, 1.165) is 28.7 Å². The molecular formula is C20H23NOSi. The maximum atomic E-state index is 12.5. The summed E-state index contributed by atoms with van der Waals surface area (Å²) in [6.45, 7) is 4.70. The molecule has 0 aromatic rings. The van der Waals surface area contributed by atoms with Gasteiger partial charge < -0.3 is 5.73 Å². The topological polar surface area (TPSA) is 43.1 Å². The van der Waals surface area contributed by atoms with Crippen LogP contribution in [0.25, 0.3) is 0 Å². The Morgan fingerprint density at radius 3 is 2.87 bits per heavy atom. The van der Waals surface area contributed by atoms with Gasteiger partial charge in [-0.3, -0.25) is 4.79 Å². The molecule has 3 heteroatoms. The van der Waals surface area contributed by atoms with Crippen molar-refractivity contribution in [3.63, 3.8) is 0 Å². The number of rotatable bonds is 3. The summed E-state index contributed by atoms with van der Waals surface area (Å²) >= 11 is 0. The van der Waals surface area contributed by atoms with E-state index in [2.05, 4.69) is 19.5 Å². The van der Waals surface area contributed by atoms with Crippen LogP contribution in [0.3, 0.4) is 0 Å². The van der Waals surface area contributed by atoms with Gasteiger partial charge in [-0.15, -0.1) is 0 Å². The molecule has 0 aromatic carbocycles. The zero-order valence-corrected chi connectivity index (χ0v) is 14.9. The van der Waals surface area contributed by atoms with Crippen molar-refractivity contribution in [3.05, 3.63) is 11.1 Å². The number of amides is 1. The molecule has 0 aromatic heterocycles. The molecule has 6 bridgehead atoms. The molecule has 9 atom stereocenters. The SMILES string of the molecule is CCC1=C(C)C[Si](C2C3CC4(C(N)=O)CC25C2C46C4C6(C3)C245)=C1. The highest BCUT2D eigenvalue weighted by Crippen LogP contribution is 3.37. The standard InChI is InChI=1S/C20H23NOSi/c1-3-10-7-23(6-9(10)2)12-11-4-16(15(21)22)8-17(12)13-19(16)14-18(19,5-11)20(13,14)17/h7,11-14H,3-6,8H2,1-2H3,(H2,21,22). The fraction of sp³-hybridized carbons (Fsp3) is 0.800. The highest BCUT2D eigenvalue weighted by Gasteiger charge is 3.35. The van der Waals surface area contributed by atoms with Crippen molar-refractivity contribution in [2.75, 3.05) is 0 Å². The summed E-state index contributed by atoms with van der Waals surface area (Å²) in [5.41, 5.74) is 15.7. The van der Waals surface area contributed by atoms with Gasteiger partial charge in [-0.2, -0.15) is 0 Å². The minimum atomic E-state index is -0.396. The van der Waals surface area contributed by atoms with Gasteiger partial charge in [-0.05, 0) is 83.6 Å². The first-order valence-corrected chi connectivity index (χ1v) is 11.6.